The number of halogens is 1. The van der Waals surface area contributed by atoms with E-state index in [0.29, 0.717) is 27.1 Å². The third kappa shape index (κ3) is 4.32. The number of nitrogens with zero attached hydrogens (tertiary/aromatic N) is 3. The van der Waals surface area contributed by atoms with E-state index in [9.17, 15) is 9.59 Å². The Kier molecular flexibility index (Phi) is 5.53. The highest BCUT2D eigenvalue weighted by molar-refractivity contribution is 7.14. The van der Waals surface area contributed by atoms with Crippen LogP contribution in [0.4, 0.5) is 5.13 Å². The largest absolute Gasteiger partial charge is 0.343 e. The number of carbonyl (C=O) groups excluding carboxylic acids is 2. The van der Waals surface area contributed by atoms with E-state index in [-0.39, 0.29) is 11.8 Å². The molecule has 3 rings (SSSR count). The Labute approximate surface area is 165 Å². The summed E-state index contributed by atoms with van der Waals surface area (Å²) >= 11 is 7.23. The highest BCUT2D eigenvalue weighted by atomic mass is 35.5. The van der Waals surface area contributed by atoms with Crippen LogP contribution in [0.5, 0.6) is 0 Å². The van der Waals surface area contributed by atoms with Crippen molar-refractivity contribution in [1.29, 1.82) is 0 Å². The van der Waals surface area contributed by atoms with Crippen molar-refractivity contribution in [2.75, 3.05) is 19.4 Å². The summed E-state index contributed by atoms with van der Waals surface area (Å²) in [5.74, 6) is -0.529. The number of thiazole rings is 1. The van der Waals surface area contributed by atoms with E-state index in [1.54, 1.807) is 45.3 Å². The van der Waals surface area contributed by atoms with Crippen LogP contribution in [0.2, 0.25) is 5.02 Å². The Morgan fingerprint density at radius 3 is 2.41 bits per heavy atom. The summed E-state index contributed by atoms with van der Waals surface area (Å²) in [5, 5.41) is 5.78. The van der Waals surface area contributed by atoms with Gasteiger partial charge in [0.25, 0.3) is 11.8 Å². The number of rotatable bonds is 4. The lowest BCUT2D eigenvalue weighted by atomic mass is 10.1. The minimum Gasteiger partial charge on any atom is -0.343 e. The van der Waals surface area contributed by atoms with Crippen molar-refractivity contribution in [3.63, 3.8) is 0 Å². The average molecular weight is 401 g/mol. The van der Waals surface area contributed by atoms with Gasteiger partial charge in [0.2, 0.25) is 0 Å². The van der Waals surface area contributed by atoms with Crippen molar-refractivity contribution in [2.45, 2.75) is 6.92 Å². The van der Waals surface area contributed by atoms with Crippen LogP contribution < -0.4 is 5.32 Å². The van der Waals surface area contributed by atoms with Gasteiger partial charge >= 0.3 is 0 Å². The first-order valence-electron chi connectivity index (χ1n) is 8.07. The molecule has 2 amide bonds. The molecular formula is C19H17ClN4O2S. The molecule has 8 heteroatoms. The quantitative estimate of drug-likeness (QED) is 0.714. The van der Waals surface area contributed by atoms with E-state index >= 15 is 0 Å². The van der Waals surface area contributed by atoms with Gasteiger partial charge in [-0.3, -0.25) is 14.9 Å². The number of hydrogen-bond acceptors (Lipinski definition) is 5. The van der Waals surface area contributed by atoms with Crippen LogP contribution in [0.3, 0.4) is 0 Å². The zero-order chi connectivity index (χ0) is 19.6. The molecule has 3 aromatic rings. The Morgan fingerprint density at radius 2 is 1.78 bits per heavy atom. The number of carbonyl (C=O) groups is 2. The molecule has 0 atom stereocenters. The fraction of sp³-hybridized carbons (Fsp3) is 0.158. The van der Waals surface area contributed by atoms with Crippen LogP contribution in [0, 0.1) is 6.92 Å². The predicted octanol–water partition coefficient (Wildman–Crippen LogP) is 4.12. The molecule has 0 unspecified atom stereocenters. The summed E-state index contributed by atoms with van der Waals surface area (Å²) in [4.78, 5) is 34.6. The second-order valence-electron chi connectivity index (χ2n) is 6.03. The van der Waals surface area contributed by atoms with Crippen LogP contribution in [-0.2, 0) is 0 Å². The fourth-order valence-electron chi connectivity index (χ4n) is 2.40. The Balaban J connectivity index is 1.76. The summed E-state index contributed by atoms with van der Waals surface area (Å²) in [6.45, 7) is 1.70. The van der Waals surface area contributed by atoms with Crippen molar-refractivity contribution in [3.8, 4) is 11.3 Å². The molecule has 27 heavy (non-hydrogen) atoms. The van der Waals surface area contributed by atoms with E-state index in [2.05, 4.69) is 15.3 Å². The molecule has 138 valence electrons. The third-order valence-electron chi connectivity index (χ3n) is 3.82. The van der Waals surface area contributed by atoms with E-state index < -0.39 is 0 Å². The van der Waals surface area contributed by atoms with Crippen LogP contribution in [0.1, 0.15) is 26.5 Å². The highest BCUT2D eigenvalue weighted by Crippen LogP contribution is 2.26. The maximum absolute atomic E-state index is 12.5. The van der Waals surface area contributed by atoms with Gasteiger partial charge in [0.1, 0.15) is 5.69 Å². The Morgan fingerprint density at radius 1 is 1.07 bits per heavy atom. The zero-order valence-electron chi connectivity index (χ0n) is 15.0. The topological polar surface area (TPSA) is 75.2 Å². The van der Waals surface area contributed by atoms with E-state index in [1.165, 1.54) is 16.2 Å². The van der Waals surface area contributed by atoms with Gasteiger partial charge in [-0.15, -0.1) is 11.3 Å². The molecule has 1 N–H and O–H groups in total. The normalized spacial score (nSPS) is 10.5. The summed E-state index contributed by atoms with van der Waals surface area (Å²) in [5.41, 5.74) is 2.85. The second-order valence-corrected chi connectivity index (χ2v) is 7.32. The predicted molar refractivity (Wildman–Crippen MR) is 108 cm³/mol. The molecule has 0 aliphatic heterocycles. The average Bonchev–Trinajstić information content (AvgIpc) is 3.09. The van der Waals surface area contributed by atoms with Crippen molar-refractivity contribution in [2.24, 2.45) is 0 Å². The molecule has 0 aliphatic carbocycles. The number of hydrogen-bond donors (Lipinski definition) is 1. The van der Waals surface area contributed by atoms with Gasteiger partial charge in [0.05, 0.1) is 17.0 Å². The lowest BCUT2D eigenvalue weighted by molar-refractivity contribution is 0.0821. The third-order valence-corrected chi connectivity index (χ3v) is 4.83. The van der Waals surface area contributed by atoms with Crippen molar-refractivity contribution >= 4 is 39.9 Å². The standard InChI is InChI=1S/C19H17ClN4O2S/c1-11-14(8-9-15(21-11)18(26)24(2)3)17(25)23-19-22-16(10-27-19)12-4-6-13(20)7-5-12/h4-10H,1-3H3,(H,22,23,25). The summed E-state index contributed by atoms with van der Waals surface area (Å²) in [7, 11) is 3.31. The Bertz CT molecular complexity index is 999. The van der Waals surface area contributed by atoms with E-state index in [0.717, 1.165) is 11.3 Å². The van der Waals surface area contributed by atoms with Crippen LogP contribution >= 0.6 is 22.9 Å². The van der Waals surface area contributed by atoms with Gasteiger partial charge in [-0.05, 0) is 31.2 Å². The van der Waals surface area contributed by atoms with Crippen LogP contribution in [-0.4, -0.2) is 40.8 Å². The number of nitrogens with one attached hydrogen (secondary N) is 1. The van der Waals surface area contributed by atoms with Gasteiger partial charge in [-0.25, -0.2) is 9.97 Å². The molecule has 2 heterocycles. The minimum atomic E-state index is -0.319. The number of benzene rings is 1. The van der Waals surface area contributed by atoms with Crippen LogP contribution in [0.15, 0.2) is 41.8 Å². The van der Waals surface area contributed by atoms with Crippen molar-refractivity contribution in [3.05, 3.63) is 63.8 Å². The number of amides is 2. The molecule has 0 radical (unpaired) electrons. The summed E-state index contributed by atoms with van der Waals surface area (Å²) in [6, 6.07) is 10.5. The molecule has 6 nitrogen and oxygen atoms in total. The van der Waals surface area contributed by atoms with Gasteiger partial charge in [0, 0.05) is 30.1 Å². The molecule has 1 aromatic carbocycles. The molecule has 0 spiro atoms. The first-order valence-corrected chi connectivity index (χ1v) is 9.33. The summed E-state index contributed by atoms with van der Waals surface area (Å²) < 4.78 is 0. The monoisotopic (exact) mass is 400 g/mol. The number of anilines is 1. The highest BCUT2D eigenvalue weighted by Gasteiger charge is 2.16. The molecule has 0 fully saturated rings. The lowest BCUT2D eigenvalue weighted by Gasteiger charge is -2.11. The molecular weight excluding hydrogens is 384 g/mol. The van der Waals surface area contributed by atoms with E-state index in [4.69, 9.17) is 11.6 Å². The molecule has 2 aromatic heterocycles. The number of aryl methyl sites for hydroxylation is 1. The molecule has 0 aliphatic rings. The SMILES string of the molecule is Cc1nc(C(=O)N(C)C)ccc1C(=O)Nc1nc(-c2ccc(Cl)cc2)cs1. The maximum Gasteiger partial charge on any atom is 0.271 e. The van der Waals surface area contributed by atoms with Gasteiger partial charge in [-0.2, -0.15) is 0 Å². The fourth-order valence-corrected chi connectivity index (χ4v) is 3.24. The maximum atomic E-state index is 12.5. The molecule has 0 saturated carbocycles. The van der Waals surface area contributed by atoms with Crippen LogP contribution in [0.25, 0.3) is 11.3 Å². The molecule has 0 bridgehead atoms. The lowest BCUT2D eigenvalue weighted by Crippen LogP contribution is -2.23. The van der Waals surface area contributed by atoms with Crippen molar-refractivity contribution in [1.82, 2.24) is 14.9 Å². The zero-order valence-corrected chi connectivity index (χ0v) is 16.6. The Hall–Kier alpha value is -2.77. The smallest absolute Gasteiger partial charge is 0.271 e. The van der Waals surface area contributed by atoms with Gasteiger partial charge in [0.15, 0.2) is 5.13 Å². The van der Waals surface area contributed by atoms with Crippen molar-refractivity contribution < 1.29 is 9.59 Å². The van der Waals surface area contributed by atoms with E-state index in [1.807, 2.05) is 17.5 Å². The number of aromatic nitrogens is 2. The van der Waals surface area contributed by atoms with Gasteiger partial charge in [-0.1, -0.05) is 23.7 Å². The first-order chi connectivity index (χ1) is 12.8. The second kappa shape index (κ2) is 7.85. The summed E-state index contributed by atoms with van der Waals surface area (Å²) in [6.07, 6.45) is 0. The first kappa shape index (κ1) is 19.0. The number of pyridine rings is 1. The molecule has 0 saturated heterocycles. The minimum absolute atomic E-state index is 0.211. The van der Waals surface area contributed by atoms with Gasteiger partial charge < -0.3 is 4.90 Å².